The van der Waals surface area contributed by atoms with Gasteiger partial charge in [-0.3, -0.25) is 24.6 Å². The van der Waals surface area contributed by atoms with Gasteiger partial charge in [-0.15, -0.1) is 0 Å². The summed E-state index contributed by atoms with van der Waals surface area (Å²) in [5.74, 6) is -2.15. The van der Waals surface area contributed by atoms with Crippen LogP contribution in [0.2, 0.25) is 0 Å². The summed E-state index contributed by atoms with van der Waals surface area (Å²) < 4.78 is 28.5. The van der Waals surface area contributed by atoms with Gasteiger partial charge in [-0.1, -0.05) is 12.1 Å². The summed E-state index contributed by atoms with van der Waals surface area (Å²) in [5, 5.41) is 2.29. The zero-order valence-electron chi connectivity index (χ0n) is 19.0. The Balaban J connectivity index is 1.30. The van der Waals surface area contributed by atoms with E-state index in [-0.39, 0.29) is 42.8 Å². The smallest absolute Gasteiger partial charge is 0.255 e. The molecule has 3 aliphatic rings. The van der Waals surface area contributed by atoms with E-state index in [2.05, 4.69) is 15.1 Å². The van der Waals surface area contributed by atoms with Crippen LogP contribution in [0.1, 0.15) is 58.6 Å². The maximum atomic E-state index is 14.6. The molecule has 3 heterocycles. The van der Waals surface area contributed by atoms with Crippen molar-refractivity contribution in [2.24, 2.45) is 0 Å². The zero-order valence-corrected chi connectivity index (χ0v) is 19.0. The second kappa shape index (κ2) is 9.19. The fourth-order valence-corrected chi connectivity index (χ4v) is 5.42. The van der Waals surface area contributed by atoms with Gasteiger partial charge in [-0.05, 0) is 73.2 Å². The Hall–Kier alpha value is -3.64. The van der Waals surface area contributed by atoms with E-state index in [1.807, 2.05) is 0 Å². The van der Waals surface area contributed by atoms with Gasteiger partial charge in [-0.25, -0.2) is 13.6 Å². The Morgan fingerprint density at radius 3 is 2.51 bits per heavy atom. The second-order valence-electron chi connectivity index (χ2n) is 9.37. The van der Waals surface area contributed by atoms with E-state index in [0.717, 1.165) is 42.6 Å². The molecule has 9 heteroatoms. The standard InChI is InChI=1S/C26H24F2N4O3/c1-29-22-3-2-15(10-21(22)28)13-31-8-6-16(7-9-31)18-11-17(27)12-19-20(18)14-32(26(19)35)23-4-5-24(33)30-25(23)34/h2-3,10-12,16,23H,4-9,13-14H2,(H,30,33,34). The normalized spacial score (nSPS) is 21.1. The van der Waals surface area contributed by atoms with Crippen molar-refractivity contribution in [3.05, 3.63) is 75.6 Å². The summed E-state index contributed by atoms with van der Waals surface area (Å²) in [6.45, 7) is 9.22. The van der Waals surface area contributed by atoms with Gasteiger partial charge in [0.25, 0.3) is 5.91 Å². The molecule has 1 atom stereocenters. The van der Waals surface area contributed by atoms with Crippen molar-refractivity contribution in [3.8, 4) is 0 Å². The largest absolute Gasteiger partial charge is 0.322 e. The molecule has 2 aromatic rings. The first kappa shape index (κ1) is 23.1. The number of carbonyl (C=O) groups is 3. The van der Waals surface area contributed by atoms with Gasteiger partial charge in [0.2, 0.25) is 17.5 Å². The minimum atomic E-state index is -0.736. The number of likely N-dealkylation sites (tertiary alicyclic amines) is 1. The van der Waals surface area contributed by atoms with Crippen molar-refractivity contribution in [1.29, 1.82) is 0 Å². The van der Waals surface area contributed by atoms with Gasteiger partial charge in [0.1, 0.15) is 17.7 Å². The number of hydrogen-bond acceptors (Lipinski definition) is 4. The highest BCUT2D eigenvalue weighted by Crippen LogP contribution is 2.38. The minimum Gasteiger partial charge on any atom is -0.322 e. The monoisotopic (exact) mass is 478 g/mol. The summed E-state index contributed by atoms with van der Waals surface area (Å²) in [6.07, 6.45) is 1.94. The molecule has 1 unspecified atom stereocenters. The molecule has 2 saturated heterocycles. The third-order valence-electron chi connectivity index (χ3n) is 7.22. The topological polar surface area (TPSA) is 74.1 Å². The Kier molecular flexibility index (Phi) is 6.07. The van der Waals surface area contributed by atoms with E-state index in [0.29, 0.717) is 12.1 Å². The minimum absolute atomic E-state index is 0.00770. The second-order valence-corrected chi connectivity index (χ2v) is 9.37. The number of nitrogens with one attached hydrogen (secondary N) is 1. The molecule has 35 heavy (non-hydrogen) atoms. The van der Waals surface area contributed by atoms with E-state index in [1.165, 1.54) is 29.2 Å². The average molecular weight is 478 g/mol. The number of piperidine rings is 2. The van der Waals surface area contributed by atoms with Crippen molar-refractivity contribution in [3.63, 3.8) is 0 Å². The van der Waals surface area contributed by atoms with Crippen LogP contribution in [0.5, 0.6) is 0 Å². The molecule has 0 bridgehead atoms. The maximum Gasteiger partial charge on any atom is 0.255 e. The van der Waals surface area contributed by atoms with E-state index < -0.39 is 23.6 Å². The average Bonchev–Trinajstić information content (AvgIpc) is 3.15. The summed E-state index contributed by atoms with van der Waals surface area (Å²) in [6, 6.07) is 6.65. The molecule has 1 N–H and O–H groups in total. The third kappa shape index (κ3) is 4.42. The number of fused-ring (bicyclic) bond motifs is 1. The molecule has 0 radical (unpaired) electrons. The van der Waals surface area contributed by atoms with Gasteiger partial charge in [0.15, 0.2) is 0 Å². The molecule has 180 valence electrons. The third-order valence-corrected chi connectivity index (χ3v) is 7.22. The van der Waals surface area contributed by atoms with Crippen molar-refractivity contribution >= 4 is 23.4 Å². The molecular weight excluding hydrogens is 454 g/mol. The molecule has 0 spiro atoms. The van der Waals surface area contributed by atoms with Crippen molar-refractivity contribution in [1.82, 2.24) is 15.1 Å². The number of rotatable bonds is 4. The van der Waals surface area contributed by atoms with Crippen molar-refractivity contribution in [2.75, 3.05) is 13.1 Å². The molecule has 3 amide bonds. The van der Waals surface area contributed by atoms with Crippen LogP contribution in [0, 0.1) is 18.2 Å². The van der Waals surface area contributed by atoms with Crippen LogP contribution in [-0.4, -0.2) is 46.7 Å². The Labute approximate surface area is 201 Å². The van der Waals surface area contributed by atoms with Crippen LogP contribution in [0.4, 0.5) is 14.5 Å². The van der Waals surface area contributed by atoms with E-state index >= 15 is 0 Å². The van der Waals surface area contributed by atoms with Crippen molar-refractivity contribution < 1.29 is 23.2 Å². The van der Waals surface area contributed by atoms with Crippen LogP contribution in [0.3, 0.4) is 0 Å². The lowest BCUT2D eigenvalue weighted by atomic mass is 9.85. The summed E-state index contributed by atoms with van der Waals surface area (Å²) in [7, 11) is 0. The molecule has 5 rings (SSSR count). The zero-order chi connectivity index (χ0) is 24.7. The van der Waals surface area contributed by atoms with Crippen LogP contribution in [-0.2, 0) is 22.7 Å². The number of halogens is 2. The van der Waals surface area contributed by atoms with Crippen LogP contribution in [0.15, 0.2) is 30.3 Å². The molecule has 0 aromatic heterocycles. The van der Waals surface area contributed by atoms with E-state index in [4.69, 9.17) is 6.57 Å². The first-order valence-electron chi connectivity index (χ1n) is 11.7. The van der Waals surface area contributed by atoms with Gasteiger partial charge in [0, 0.05) is 25.1 Å². The quantitative estimate of drug-likeness (QED) is 0.538. The fraction of sp³-hybridized carbons (Fsp3) is 0.385. The number of imide groups is 1. The molecular formula is C26H24F2N4O3. The maximum absolute atomic E-state index is 14.6. The number of carbonyl (C=O) groups excluding carboxylic acids is 3. The van der Waals surface area contributed by atoms with E-state index in [9.17, 15) is 23.2 Å². The highest BCUT2D eigenvalue weighted by molar-refractivity contribution is 6.05. The molecule has 2 aromatic carbocycles. The van der Waals surface area contributed by atoms with Crippen molar-refractivity contribution in [2.45, 2.75) is 50.7 Å². The van der Waals surface area contributed by atoms with Gasteiger partial charge in [-0.2, -0.15) is 0 Å². The highest BCUT2D eigenvalue weighted by atomic mass is 19.1. The first-order chi connectivity index (χ1) is 16.8. The SMILES string of the molecule is [C-]#[N+]c1ccc(CN2CCC(c3cc(F)cc4c3CN(C3CCC(=O)NC3=O)C4=O)CC2)cc1F. The lowest BCUT2D eigenvalue weighted by Crippen LogP contribution is -2.52. The molecule has 2 fully saturated rings. The van der Waals surface area contributed by atoms with Gasteiger partial charge in [0.05, 0.1) is 6.57 Å². The van der Waals surface area contributed by atoms with Crippen LogP contribution < -0.4 is 5.32 Å². The van der Waals surface area contributed by atoms with Crippen LogP contribution in [0.25, 0.3) is 4.85 Å². The number of amides is 3. The number of nitrogens with zero attached hydrogens (tertiary/aromatic N) is 3. The first-order valence-corrected chi connectivity index (χ1v) is 11.7. The predicted molar refractivity (Wildman–Crippen MR) is 122 cm³/mol. The molecule has 3 aliphatic heterocycles. The van der Waals surface area contributed by atoms with E-state index in [1.54, 1.807) is 6.07 Å². The summed E-state index contributed by atoms with van der Waals surface area (Å²) in [4.78, 5) is 43.7. The number of benzene rings is 2. The molecule has 0 saturated carbocycles. The fourth-order valence-electron chi connectivity index (χ4n) is 5.42. The Morgan fingerprint density at radius 2 is 1.83 bits per heavy atom. The summed E-state index contributed by atoms with van der Waals surface area (Å²) in [5.41, 5.74) is 2.66. The highest BCUT2D eigenvalue weighted by Gasteiger charge is 2.41. The molecule has 0 aliphatic carbocycles. The lowest BCUT2D eigenvalue weighted by Gasteiger charge is -2.33. The Bertz CT molecular complexity index is 1260. The Morgan fingerprint density at radius 1 is 1.06 bits per heavy atom. The van der Waals surface area contributed by atoms with Gasteiger partial charge >= 0.3 is 0 Å². The summed E-state index contributed by atoms with van der Waals surface area (Å²) >= 11 is 0. The van der Waals surface area contributed by atoms with Gasteiger partial charge < -0.3 is 4.90 Å². The number of hydrogen-bond donors (Lipinski definition) is 1. The predicted octanol–water partition coefficient (Wildman–Crippen LogP) is 3.66. The molecule has 7 nitrogen and oxygen atoms in total. The van der Waals surface area contributed by atoms with Crippen LogP contribution >= 0.6 is 0 Å². The lowest BCUT2D eigenvalue weighted by molar-refractivity contribution is -0.136.